The molecular formula is C11H15NO5S. The second kappa shape index (κ2) is 5.36. The van der Waals surface area contributed by atoms with Gasteiger partial charge in [0, 0.05) is 7.05 Å². The van der Waals surface area contributed by atoms with Crippen LogP contribution < -0.4 is 4.18 Å². The number of hydroxylamine groups is 2. The van der Waals surface area contributed by atoms with Crippen molar-refractivity contribution in [3.8, 4) is 5.75 Å². The summed E-state index contributed by atoms with van der Waals surface area (Å²) in [4.78, 5) is 11.5. The molecule has 0 saturated heterocycles. The van der Waals surface area contributed by atoms with E-state index in [4.69, 9.17) is 5.21 Å². The topological polar surface area (TPSA) is 83.9 Å². The molecule has 7 heteroatoms. The van der Waals surface area contributed by atoms with Crippen LogP contribution in [0.2, 0.25) is 0 Å². The molecule has 18 heavy (non-hydrogen) atoms. The molecule has 0 aliphatic carbocycles. The Bertz CT molecular complexity index is 521. The molecule has 0 saturated carbocycles. The molecule has 0 fully saturated rings. The van der Waals surface area contributed by atoms with Crippen LogP contribution in [0.25, 0.3) is 0 Å². The van der Waals surface area contributed by atoms with Crippen molar-refractivity contribution in [3.05, 3.63) is 29.8 Å². The Labute approximate surface area is 106 Å². The van der Waals surface area contributed by atoms with Gasteiger partial charge in [-0.05, 0) is 24.6 Å². The highest BCUT2D eigenvalue weighted by Gasteiger charge is 2.18. The fourth-order valence-corrected chi connectivity index (χ4v) is 1.87. The van der Waals surface area contributed by atoms with Crippen LogP contribution in [-0.4, -0.2) is 37.9 Å². The summed E-state index contributed by atoms with van der Waals surface area (Å²) >= 11 is 0. The van der Waals surface area contributed by atoms with Crippen LogP contribution in [0.1, 0.15) is 18.4 Å². The van der Waals surface area contributed by atoms with E-state index in [0.717, 1.165) is 6.26 Å². The first-order valence-electron chi connectivity index (χ1n) is 5.16. The first kappa shape index (κ1) is 14.5. The Hall–Kier alpha value is -1.60. The average Bonchev–Trinajstić information content (AvgIpc) is 2.26. The van der Waals surface area contributed by atoms with Gasteiger partial charge >= 0.3 is 10.1 Å². The van der Waals surface area contributed by atoms with Crippen molar-refractivity contribution < 1.29 is 22.6 Å². The molecule has 0 aliphatic heterocycles. The normalized spacial score (nSPS) is 12.9. The fraction of sp³-hybridized carbons (Fsp3) is 0.364. The molecule has 100 valence electrons. The number of hydrogen-bond donors (Lipinski definition) is 1. The Morgan fingerprint density at radius 1 is 1.33 bits per heavy atom. The quantitative estimate of drug-likeness (QED) is 0.502. The van der Waals surface area contributed by atoms with Crippen LogP contribution in [0.3, 0.4) is 0 Å². The van der Waals surface area contributed by atoms with Crippen molar-refractivity contribution >= 4 is 16.0 Å². The highest BCUT2D eigenvalue weighted by molar-refractivity contribution is 7.86. The van der Waals surface area contributed by atoms with Crippen molar-refractivity contribution in [1.82, 2.24) is 5.06 Å². The van der Waals surface area contributed by atoms with E-state index in [1.165, 1.54) is 19.2 Å². The molecule has 1 aromatic rings. The molecule has 1 amide bonds. The summed E-state index contributed by atoms with van der Waals surface area (Å²) in [5.74, 6) is -0.794. The largest absolute Gasteiger partial charge is 0.383 e. The lowest BCUT2D eigenvalue weighted by molar-refractivity contribution is -0.160. The van der Waals surface area contributed by atoms with Crippen LogP contribution in [0, 0.1) is 0 Å². The van der Waals surface area contributed by atoms with Crippen molar-refractivity contribution in [2.75, 3.05) is 13.3 Å². The predicted octanol–water partition coefficient (Wildman–Crippen LogP) is 0.976. The van der Waals surface area contributed by atoms with E-state index >= 15 is 0 Å². The maximum absolute atomic E-state index is 11.5. The van der Waals surface area contributed by atoms with E-state index in [0.29, 0.717) is 10.6 Å². The molecule has 0 aliphatic rings. The summed E-state index contributed by atoms with van der Waals surface area (Å²) in [5, 5.41) is 9.56. The molecule has 0 aromatic heterocycles. The first-order valence-corrected chi connectivity index (χ1v) is 6.98. The number of likely N-dealkylation sites (N-methyl/N-ethyl adjacent to an activating group) is 1. The van der Waals surface area contributed by atoms with Crippen LogP contribution >= 0.6 is 0 Å². The van der Waals surface area contributed by atoms with E-state index in [9.17, 15) is 13.2 Å². The summed E-state index contributed by atoms with van der Waals surface area (Å²) in [6.45, 7) is 1.64. The third kappa shape index (κ3) is 4.01. The molecule has 0 unspecified atom stereocenters. The van der Waals surface area contributed by atoms with Gasteiger partial charge in [0.1, 0.15) is 5.75 Å². The van der Waals surface area contributed by atoms with E-state index < -0.39 is 21.9 Å². The van der Waals surface area contributed by atoms with Crippen molar-refractivity contribution in [3.63, 3.8) is 0 Å². The molecule has 1 rings (SSSR count). The zero-order valence-electron chi connectivity index (χ0n) is 10.3. The van der Waals surface area contributed by atoms with Crippen LogP contribution in [0.5, 0.6) is 5.75 Å². The van der Waals surface area contributed by atoms with Gasteiger partial charge in [0.05, 0.1) is 12.2 Å². The Morgan fingerprint density at radius 2 is 1.83 bits per heavy atom. The highest BCUT2D eigenvalue weighted by atomic mass is 32.2. The summed E-state index contributed by atoms with van der Waals surface area (Å²) in [6, 6.07) is 6.06. The number of amides is 1. The van der Waals surface area contributed by atoms with Gasteiger partial charge in [0.25, 0.3) is 5.91 Å². The molecule has 0 bridgehead atoms. The second-order valence-corrected chi connectivity index (χ2v) is 5.51. The Morgan fingerprint density at radius 3 is 2.22 bits per heavy atom. The molecule has 0 spiro atoms. The number of hydrogen-bond acceptors (Lipinski definition) is 5. The van der Waals surface area contributed by atoms with Crippen molar-refractivity contribution in [2.24, 2.45) is 0 Å². The number of benzene rings is 1. The number of rotatable bonds is 4. The van der Waals surface area contributed by atoms with Gasteiger partial charge in [-0.3, -0.25) is 10.0 Å². The average molecular weight is 273 g/mol. The molecular weight excluding hydrogens is 258 g/mol. The minimum absolute atomic E-state index is 0.179. The van der Waals surface area contributed by atoms with E-state index in [-0.39, 0.29) is 5.75 Å². The lowest BCUT2D eigenvalue weighted by Gasteiger charge is -2.15. The maximum atomic E-state index is 11.5. The zero-order chi connectivity index (χ0) is 13.9. The molecule has 1 atom stereocenters. The number of carbonyl (C=O) groups is 1. The zero-order valence-corrected chi connectivity index (χ0v) is 11.1. The van der Waals surface area contributed by atoms with Gasteiger partial charge in [-0.25, -0.2) is 5.06 Å². The Kier molecular flexibility index (Phi) is 4.31. The second-order valence-electron chi connectivity index (χ2n) is 3.94. The van der Waals surface area contributed by atoms with Crippen LogP contribution in [-0.2, 0) is 14.9 Å². The summed E-state index contributed by atoms with van der Waals surface area (Å²) in [5.41, 5.74) is 0.654. The van der Waals surface area contributed by atoms with Gasteiger partial charge in [-0.15, -0.1) is 0 Å². The lowest BCUT2D eigenvalue weighted by atomic mass is 10.0. The monoisotopic (exact) mass is 273 g/mol. The molecule has 0 heterocycles. The molecule has 6 nitrogen and oxygen atoms in total. The minimum atomic E-state index is -3.56. The number of nitrogens with zero attached hydrogens (tertiary/aromatic N) is 1. The van der Waals surface area contributed by atoms with Gasteiger partial charge in [-0.2, -0.15) is 8.42 Å². The van der Waals surface area contributed by atoms with Gasteiger partial charge < -0.3 is 4.18 Å². The molecule has 1 aromatic carbocycles. The minimum Gasteiger partial charge on any atom is -0.383 e. The Balaban J connectivity index is 2.86. The first-order chi connectivity index (χ1) is 8.20. The SMILES string of the molecule is C[C@@H](C(=O)N(C)O)c1ccc(OS(C)(=O)=O)cc1. The molecule has 1 N–H and O–H groups in total. The maximum Gasteiger partial charge on any atom is 0.306 e. The van der Waals surface area contributed by atoms with E-state index in [1.807, 2.05) is 0 Å². The number of carbonyl (C=O) groups excluding carboxylic acids is 1. The van der Waals surface area contributed by atoms with Crippen LogP contribution in [0.4, 0.5) is 0 Å². The van der Waals surface area contributed by atoms with Gasteiger partial charge in [-0.1, -0.05) is 12.1 Å². The third-order valence-electron chi connectivity index (χ3n) is 2.32. The third-order valence-corrected chi connectivity index (χ3v) is 2.81. The van der Waals surface area contributed by atoms with Gasteiger partial charge in [0.15, 0.2) is 0 Å². The lowest BCUT2D eigenvalue weighted by Crippen LogP contribution is -2.27. The smallest absolute Gasteiger partial charge is 0.306 e. The van der Waals surface area contributed by atoms with E-state index in [1.54, 1.807) is 19.1 Å². The van der Waals surface area contributed by atoms with Gasteiger partial charge in [0.2, 0.25) is 0 Å². The highest BCUT2D eigenvalue weighted by Crippen LogP contribution is 2.21. The van der Waals surface area contributed by atoms with Crippen molar-refractivity contribution in [2.45, 2.75) is 12.8 Å². The summed E-state index contributed by atoms with van der Waals surface area (Å²) in [7, 11) is -2.31. The standard InChI is InChI=1S/C11H15NO5S/c1-8(11(13)12(2)14)9-4-6-10(7-5-9)17-18(3,15)16/h4-8,14H,1-3H3/t8-/m1/s1. The molecule has 0 radical (unpaired) electrons. The van der Waals surface area contributed by atoms with Crippen LogP contribution in [0.15, 0.2) is 24.3 Å². The van der Waals surface area contributed by atoms with Crippen molar-refractivity contribution in [1.29, 1.82) is 0 Å². The predicted molar refractivity (Wildman–Crippen MR) is 64.9 cm³/mol. The summed E-state index contributed by atoms with van der Waals surface area (Å²) < 4.78 is 26.5. The summed E-state index contributed by atoms with van der Waals surface area (Å²) in [6.07, 6.45) is 0.952. The van der Waals surface area contributed by atoms with E-state index in [2.05, 4.69) is 4.18 Å². The fourth-order valence-electron chi connectivity index (χ4n) is 1.41.